The fraction of sp³-hybridized carbons (Fsp3) is 0.111. The van der Waals surface area contributed by atoms with E-state index in [0.717, 1.165) is 0 Å². The number of nitrogens with zero attached hydrogens (tertiary/aromatic N) is 2. The third kappa shape index (κ3) is 1.45. The van der Waals surface area contributed by atoms with Gasteiger partial charge in [-0.3, -0.25) is 4.79 Å². The fourth-order valence-corrected chi connectivity index (χ4v) is 1.29. The molecule has 0 bridgehead atoms. The topological polar surface area (TPSA) is 86.2 Å². The average molecular weight is 206 g/mol. The van der Waals surface area contributed by atoms with Crippen LogP contribution in [0.2, 0.25) is 0 Å². The standard InChI is InChI=1S/C9H6N2O4/c1-5(12)6-3-2-4-7-8(6)15-9(10-7)11(13)14/h2-4H,1H3. The van der Waals surface area contributed by atoms with E-state index in [-0.39, 0.29) is 11.4 Å². The van der Waals surface area contributed by atoms with Crippen molar-refractivity contribution < 1.29 is 14.1 Å². The van der Waals surface area contributed by atoms with Gasteiger partial charge in [-0.2, -0.15) is 0 Å². The number of para-hydroxylation sites is 1. The van der Waals surface area contributed by atoms with E-state index in [1.54, 1.807) is 18.2 Å². The van der Waals surface area contributed by atoms with Gasteiger partial charge in [-0.25, -0.2) is 0 Å². The number of hydrogen-bond acceptors (Lipinski definition) is 5. The van der Waals surface area contributed by atoms with Crippen molar-refractivity contribution in [2.24, 2.45) is 0 Å². The Morgan fingerprint density at radius 1 is 1.53 bits per heavy atom. The van der Waals surface area contributed by atoms with Gasteiger partial charge in [-0.05, 0) is 19.1 Å². The molecule has 0 atom stereocenters. The second-order valence-electron chi connectivity index (χ2n) is 2.96. The lowest BCUT2D eigenvalue weighted by atomic mass is 10.1. The molecule has 6 nitrogen and oxygen atoms in total. The summed E-state index contributed by atoms with van der Waals surface area (Å²) in [6.07, 6.45) is 0. The Bertz CT molecular complexity index is 558. The van der Waals surface area contributed by atoms with E-state index in [1.807, 2.05) is 0 Å². The maximum absolute atomic E-state index is 11.2. The number of hydrogen-bond donors (Lipinski definition) is 0. The van der Waals surface area contributed by atoms with Crippen LogP contribution in [-0.4, -0.2) is 15.7 Å². The molecule has 1 heterocycles. The summed E-state index contributed by atoms with van der Waals surface area (Å²) in [4.78, 5) is 24.5. The predicted molar refractivity (Wildman–Crippen MR) is 50.7 cm³/mol. The molecule has 76 valence electrons. The molecule has 0 spiro atoms. The van der Waals surface area contributed by atoms with Gasteiger partial charge in [-0.1, -0.05) is 6.07 Å². The van der Waals surface area contributed by atoms with E-state index in [4.69, 9.17) is 4.42 Å². The Kier molecular flexibility index (Phi) is 1.96. The molecule has 1 aromatic carbocycles. The lowest BCUT2D eigenvalue weighted by Crippen LogP contribution is -1.91. The summed E-state index contributed by atoms with van der Waals surface area (Å²) in [5.74, 6) is -0.216. The molecule has 0 saturated heterocycles. The highest BCUT2D eigenvalue weighted by molar-refractivity contribution is 6.04. The first-order valence-corrected chi connectivity index (χ1v) is 4.14. The minimum absolute atomic E-state index is 0.164. The number of oxazole rings is 1. The molecule has 0 aliphatic heterocycles. The molecule has 0 fully saturated rings. The quantitative estimate of drug-likeness (QED) is 0.425. The number of ketones is 1. The first-order chi connectivity index (χ1) is 7.09. The van der Waals surface area contributed by atoms with Crippen molar-refractivity contribution in [2.45, 2.75) is 6.92 Å². The van der Waals surface area contributed by atoms with Crippen LogP contribution in [0.4, 0.5) is 6.01 Å². The third-order valence-corrected chi connectivity index (χ3v) is 1.94. The molecule has 0 N–H and O–H groups in total. The minimum atomic E-state index is -0.732. The Hall–Kier alpha value is -2.24. The van der Waals surface area contributed by atoms with E-state index >= 15 is 0 Å². The molecule has 2 rings (SSSR count). The van der Waals surface area contributed by atoms with Gasteiger partial charge in [0.25, 0.3) is 0 Å². The molecule has 0 amide bonds. The Balaban J connectivity index is 2.75. The van der Waals surface area contributed by atoms with E-state index in [0.29, 0.717) is 11.1 Å². The smallest absolute Gasteiger partial charge is 0.381 e. The van der Waals surface area contributed by atoms with Crippen LogP contribution >= 0.6 is 0 Å². The summed E-state index contributed by atoms with van der Waals surface area (Å²) in [6.45, 7) is 1.36. The zero-order valence-corrected chi connectivity index (χ0v) is 7.76. The number of fused-ring (bicyclic) bond motifs is 1. The van der Waals surface area contributed by atoms with Crippen LogP contribution in [0.5, 0.6) is 0 Å². The molecule has 0 aliphatic rings. The van der Waals surface area contributed by atoms with Gasteiger partial charge in [0, 0.05) is 9.91 Å². The van der Waals surface area contributed by atoms with Crippen LogP contribution in [0.15, 0.2) is 22.6 Å². The maximum Gasteiger partial charge on any atom is 0.546 e. The molecule has 0 saturated carbocycles. The first kappa shape index (κ1) is 9.32. The largest absolute Gasteiger partial charge is 0.546 e. The highest BCUT2D eigenvalue weighted by Crippen LogP contribution is 2.23. The van der Waals surface area contributed by atoms with Gasteiger partial charge in [0.2, 0.25) is 5.52 Å². The molecule has 6 heteroatoms. The fourth-order valence-electron chi connectivity index (χ4n) is 1.29. The average Bonchev–Trinajstić information content (AvgIpc) is 2.60. The second kappa shape index (κ2) is 3.16. The van der Waals surface area contributed by atoms with Crippen molar-refractivity contribution in [2.75, 3.05) is 0 Å². The number of Topliss-reactive ketones (excluding diaryl/α,β-unsaturated/α-hetero) is 1. The van der Waals surface area contributed by atoms with Gasteiger partial charge in [-0.15, -0.1) is 0 Å². The number of rotatable bonds is 2. The molecule has 1 aromatic heterocycles. The SMILES string of the molecule is CC(=O)c1cccc2nc([N+](=O)[O-])oc12. The molecular formula is C9H6N2O4. The molecule has 0 unspecified atom stereocenters. The summed E-state index contributed by atoms with van der Waals surface area (Å²) in [5, 5.41) is 10.4. The number of carbonyl (C=O) groups excluding carboxylic acids is 1. The van der Waals surface area contributed by atoms with Gasteiger partial charge in [0.15, 0.2) is 11.4 Å². The number of aromatic nitrogens is 1. The van der Waals surface area contributed by atoms with E-state index in [2.05, 4.69) is 4.98 Å². The first-order valence-electron chi connectivity index (χ1n) is 4.14. The normalized spacial score (nSPS) is 10.5. The number of carbonyl (C=O) groups is 1. The number of benzene rings is 1. The molecule has 15 heavy (non-hydrogen) atoms. The highest BCUT2D eigenvalue weighted by atomic mass is 16.7. The zero-order chi connectivity index (χ0) is 11.0. The zero-order valence-electron chi connectivity index (χ0n) is 7.76. The van der Waals surface area contributed by atoms with Crippen molar-refractivity contribution >= 4 is 22.9 Å². The van der Waals surface area contributed by atoms with Crippen molar-refractivity contribution in [1.29, 1.82) is 0 Å². The van der Waals surface area contributed by atoms with E-state index < -0.39 is 10.9 Å². The van der Waals surface area contributed by atoms with Crippen LogP contribution in [-0.2, 0) is 0 Å². The lowest BCUT2D eigenvalue weighted by Gasteiger charge is -1.91. The maximum atomic E-state index is 11.2. The van der Waals surface area contributed by atoms with Crippen molar-refractivity contribution in [1.82, 2.24) is 4.98 Å². The van der Waals surface area contributed by atoms with Crippen LogP contribution in [0, 0.1) is 10.1 Å². The third-order valence-electron chi connectivity index (χ3n) is 1.94. The van der Waals surface area contributed by atoms with Gasteiger partial charge >= 0.3 is 6.01 Å². The van der Waals surface area contributed by atoms with Gasteiger partial charge in [0.05, 0.1) is 5.56 Å². The lowest BCUT2D eigenvalue weighted by molar-refractivity contribution is -0.406. The highest BCUT2D eigenvalue weighted by Gasteiger charge is 2.20. The van der Waals surface area contributed by atoms with Gasteiger partial charge < -0.3 is 14.5 Å². The van der Waals surface area contributed by atoms with Crippen LogP contribution < -0.4 is 0 Å². The summed E-state index contributed by atoms with van der Waals surface area (Å²) in [5.41, 5.74) is 0.777. The van der Waals surface area contributed by atoms with Crippen molar-refractivity contribution in [3.8, 4) is 0 Å². The number of nitro groups is 1. The summed E-state index contributed by atoms with van der Waals surface area (Å²) >= 11 is 0. The van der Waals surface area contributed by atoms with E-state index in [1.165, 1.54) is 6.92 Å². The summed E-state index contributed by atoms with van der Waals surface area (Å²) in [6, 6.07) is 4.10. The summed E-state index contributed by atoms with van der Waals surface area (Å²) in [7, 11) is 0. The predicted octanol–water partition coefficient (Wildman–Crippen LogP) is 1.94. The molecule has 2 aromatic rings. The monoisotopic (exact) mass is 206 g/mol. The molecule has 0 radical (unpaired) electrons. The van der Waals surface area contributed by atoms with Crippen molar-refractivity contribution in [3.63, 3.8) is 0 Å². The van der Waals surface area contributed by atoms with Crippen LogP contribution in [0.1, 0.15) is 17.3 Å². The Morgan fingerprint density at radius 2 is 2.27 bits per heavy atom. The van der Waals surface area contributed by atoms with Crippen LogP contribution in [0.3, 0.4) is 0 Å². The Labute approximate surface area is 83.7 Å². The minimum Gasteiger partial charge on any atom is -0.381 e. The summed E-state index contributed by atoms with van der Waals surface area (Å²) < 4.78 is 4.89. The molecule has 0 aliphatic carbocycles. The van der Waals surface area contributed by atoms with Gasteiger partial charge in [0.1, 0.15) is 0 Å². The molecular weight excluding hydrogens is 200 g/mol. The Morgan fingerprint density at radius 3 is 2.87 bits per heavy atom. The van der Waals surface area contributed by atoms with Crippen molar-refractivity contribution in [3.05, 3.63) is 33.9 Å². The second-order valence-corrected chi connectivity index (χ2v) is 2.96. The van der Waals surface area contributed by atoms with Crippen LogP contribution in [0.25, 0.3) is 11.1 Å². The van der Waals surface area contributed by atoms with E-state index in [9.17, 15) is 14.9 Å².